The molecule has 0 aliphatic heterocycles. The number of carbonyl (C=O) groups excluding carboxylic acids is 1. The molecule has 1 aromatic heterocycles. The zero-order valence-corrected chi connectivity index (χ0v) is 9.73. The highest BCUT2D eigenvalue weighted by atomic mass is 32.1. The molecule has 1 N–H and O–H groups in total. The van der Waals surface area contributed by atoms with Gasteiger partial charge in [0.2, 0.25) is 5.91 Å². The van der Waals surface area contributed by atoms with Gasteiger partial charge in [0, 0.05) is 9.75 Å². The Balaban J connectivity index is 2.44. The van der Waals surface area contributed by atoms with Crippen LogP contribution in [0.5, 0.6) is 0 Å². The highest BCUT2D eigenvalue weighted by Crippen LogP contribution is 2.14. The van der Waals surface area contributed by atoms with Crippen LogP contribution in [0, 0.1) is 24.2 Å². The van der Waals surface area contributed by atoms with Crippen LogP contribution in [-0.4, -0.2) is 5.91 Å². The van der Waals surface area contributed by atoms with Crippen LogP contribution in [0.4, 0.5) is 0 Å². The molecule has 80 valence electrons. The number of nitrogens with one attached hydrogen (secondary N) is 1. The zero-order valence-electron chi connectivity index (χ0n) is 8.91. The topological polar surface area (TPSA) is 52.9 Å². The summed E-state index contributed by atoms with van der Waals surface area (Å²) in [5.41, 5.74) is 0. The Hall–Kier alpha value is -1.34. The van der Waals surface area contributed by atoms with Crippen molar-refractivity contribution in [1.82, 2.24) is 5.32 Å². The first kappa shape index (κ1) is 11.7. The van der Waals surface area contributed by atoms with Gasteiger partial charge in [0.1, 0.15) is 5.92 Å². The van der Waals surface area contributed by atoms with Gasteiger partial charge in [0.25, 0.3) is 0 Å². The van der Waals surface area contributed by atoms with E-state index in [-0.39, 0.29) is 5.91 Å². The van der Waals surface area contributed by atoms with Crippen LogP contribution >= 0.6 is 11.3 Å². The molecule has 1 amide bonds. The summed E-state index contributed by atoms with van der Waals surface area (Å²) in [6, 6.07) is 6.00. The molecule has 0 aliphatic carbocycles. The summed E-state index contributed by atoms with van der Waals surface area (Å²) in [7, 11) is 0. The van der Waals surface area contributed by atoms with E-state index in [9.17, 15) is 4.79 Å². The average molecular weight is 222 g/mol. The predicted molar refractivity (Wildman–Crippen MR) is 60.3 cm³/mol. The van der Waals surface area contributed by atoms with E-state index in [1.807, 2.05) is 32.0 Å². The second-order valence-electron chi connectivity index (χ2n) is 3.32. The highest BCUT2D eigenvalue weighted by Gasteiger charge is 2.14. The summed E-state index contributed by atoms with van der Waals surface area (Å²) in [4.78, 5) is 13.8. The Labute approximate surface area is 93.7 Å². The minimum atomic E-state index is -0.522. The summed E-state index contributed by atoms with van der Waals surface area (Å²) in [6.45, 7) is 4.39. The molecule has 0 fully saturated rings. The van der Waals surface area contributed by atoms with Crippen LogP contribution in [0.3, 0.4) is 0 Å². The van der Waals surface area contributed by atoms with Crippen LogP contribution in [0.15, 0.2) is 12.1 Å². The van der Waals surface area contributed by atoms with E-state index >= 15 is 0 Å². The predicted octanol–water partition coefficient (Wildman–Crippen LogP) is 2.22. The molecule has 0 bridgehead atoms. The van der Waals surface area contributed by atoms with Gasteiger partial charge in [0.15, 0.2) is 0 Å². The fourth-order valence-corrected chi connectivity index (χ4v) is 2.04. The van der Waals surface area contributed by atoms with Gasteiger partial charge in [-0.2, -0.15) is 5.26 Å². The maximum Gasteiger partial charge on any atom is 0.237 e. The number of hydrogen-bond acceptors (Lipinski definition) is 3. The second kappa shape index (κ2) is 5.52. The van der Waals surface area contributed by atoms with Crippen molar-refractivity contribution in [1.29, 1.82) is 5.26 Å². The van der Waals surface area contributed by atoms with Crippen molar-refractivity contribution in [2.75, 3.05) is 0 Å². The molecule has 3 nitrogen and oxygen atoms in total. The van der Waals surface area contributed by atoms with Crippen LogP contribution in [-0.2, 0) is 11.3 Å². The molecule has 1 rings (SSSR count). The molecule has 0 saturated carbocycles. The molecule has 0 aliphatic rings. The number of aryl methyl sites for hydroxylation is 1. The lowest BCUT2D eigenvalue weighted by atomic mass is 10.1. The lowest BCUT2D eigenvalue weighted by Crippen LogP contribution is -2.28. The Bertz CT molecular complexity index is 378. The maximum atomic E-state index is 11.5. The molecule has 0 saturated heterocycles. The number of thiophene rings is 1. The van der Waals surface area contributed by atoms with Crippen LogP contribution < -0.4 is 5.32 Å². The van der Waals surface area contributed by atoms with E-state index in [4.69, 9.17) is 5.26 Å². The molecular weight excluding hydrogens is 208 g/mol. The molecule has 1 atom stereocenters. The molecule has 0 radical (unpaired) electrons. The first-order valence-corrected chi connectivity index (χ1v) is 5.71. The number of hydrogen-bond donors (Lipinski definition) is 1. The van der Waals surface area contributed by atoms with Crippen molar-refractivity contribution in [3.8, 4) is 6.07 Å². The molecular formula is C11H14N2OS. The van der Waals surface area contributed by atoms with Crippen molar-refractivity contribution in [2.24, 2.45) is 5.92 Å². The summed E-state index contributed by atoms with van der Waals surface area (Å²) in [6.07, 6.45) is 0.561. The third kappa shape index (κ3) is 3.37. The molecule has 1 unspecified atom stereocenters. The number of rotatable bonds is 4. The Morgan fingerprint density at radius 2 is 2.40 bits per heavy atom. The maximum absolute atomic E-state index is 11.5. The monoisotopic (exact) mass is 222 g/mol. The third-order valence-corrected chi connectivity index (χ3v) is 3.11. The van der Waals surface area contributed by atoms with E-state index in [1.165, 1.54) is 4.88 Å². The van der Waals surface area contributed by atoms with Gasteiger partial charge in [-0.3, -0.25) is 4.79 Å². The fraction of sp³-hybridized carbons (Fsp3) is 0.455. The van der Waals surface area contributed by atoms with E-state index in [1.54, 1.807) is 11.3 Å². The molecule has 0 aromatic carbocycles. The van der Waals surface area contributed by atoms with Crippen LogP contribution in [0.25, 0.3) is 0 Å². The number of nitrogens with zero attached hydrogens (tertiary/aromatic N) is 1. The fourth-order valence-electron chi connectivity index (χ4n) is 1.21. The third-order valence-electron chi connectivity index (χ3n) is 2.11. The molecule has 1 aromatic rings. The van der Waals surface area contributed by atoms with Crippen molar-refractivity contribution < 1.29 is 4.79 Å². The van der Waals surface area contributed by atoms with E-state index in [0.717, 1.165) is 4.88 Å². The molecule has 1 heterocycles. The van der Waals surface area contributed by atoms with Crippen molar-refractivity contribution in [3.05, 3.63) is 21.9 Å². The summed E-state index contributed by atoms with van der Waals surface area (Å²) >= 11 is 1.66. The minimum Gasteiger partial charge on any atom is -0.350 e. The smallest absolute Gasteiger partial charge is 0.237 e. The SMILES string of the molecule is CCC(C#N)C(=O)NCc1ccc(C)s1. The first-order chi connectivity index (χ1) is 7.17. The summed E-state index contributed by atoms with van der Waals surface area (Å²) in [5.74, 6) is -0.697. The summed E-state index contributed by atoms with van der Waals surface area (Å²) < 4.78 is 0. The van der Waals surface area contributed by atoms with E-state index in [2.05, 4.69) is 5.32 Å². The lowest BCUT2D eigenvalue weighted by molar-refractivity contribution is -0.123. The van der Waals surface area contributed by atoms with Crippen LogP contribution in [0.2, 0.25) is 0 Å². The lowest BCUT2D eigenvalue weighted by Gasteiger charge is -2.06. The van der Waals surface area contributed by atoms with Crippen LogP contribution in [0.1, 0.15) is 23.1 Å². The number of amides is 1. The number of nitriles is 1. The normalized spacial score (nSPS) is 11.8. The average Bonchev–Trinajstić information content (AvgIpc) is 2.63. The van der Waals surface area contributed by atoms with Crippen molar-refractivity contribution in [2.45, 2.75) is 26.8 Å². The highest BCUT2D eigenvalue weighted by molar-refractivity contribution is 7.11. The van der Waals surface area contributed by atoms with Crippen molar-refractivity contribution >= 4 is 17.2 Å². The molecule has 0 spiro atoms. The van der Waals surface area contributed by atoms with Gasteiger partial charge in [-0.1, -0.05) is 6.92 Å². The Kier molecular flexibility index (Phi) is 4.32. The number of carbonyl (C=O) groups is 1. The van der Waals surface area contributed by atoms with Gasteiger partial charge < -0.3 is 5.32 Å². The van der Waals surface area contributed by atoms with Gasteiger partial charge in [0.05, 0.1) is 12.6 Å². The van der Waals surface area contributed by atoms with Gasteiger partial charge in [-0.15, -0.1) is 11.3 Å². The Morgan fingerprint density at radius 3 is 2.87 bits per heavy atom. The molecule has 4 heteroatoms. The van der Waals surface area contributed by atoms with Gasteiger partial charge >= 0.3 is 0 Å². The zero-order chi connectivity index (χ0) is 11.3. The molecule has 15 heavy (non-hydrogen) atoms. The van der Waals surface area contributed by atoms with E-state index < -0.39 is 5.92 Å². The first-order valence-electron chi connectivity index (χ1n) is 4.90. The quantitative estimate of drug-likeness (QED) is 0.849. The Morgan fingerprint density at radius 1 is 1.67 bits per heavy atom. The van der Waals surface area contributed by atoms with Gasteiger partial charge in [-0.05, 0) is 25.5 Å². The largest absolute Gasteiger partial charge is 0.350 e. The van der Waals surface area contributed by atoms with Crippen molar-refractivity contribution in [3.63, 3.8) is 0 Å². The van der Waals surface area contributed by atoms with E-state index in [0.29, 0.717) is 13.0 Å². The second-order valence-corrected chi connectivity index (χ2v) is 4.69. The minimum absolute atomic E-state index is 0.175. The standard InChI is InChI=1S/C11H14N2OS/c1-3-9(6-12)11(14)13-7-10-5-4-8(2)15-10/h4-5,9H,3,7H2,1-2H3,(H,13,14). The van der Waals surface area contributed by atoms with Gasteiger partial charge in [-0.25, -0.2) is 0 Å². The summed E-state index contributed by atoms with van der Waals surface area (Å²) in [5, 5.41) is 11.5.